The van der Waals surface area contributed by atoms with Gasteiger partial charge in [0.25, 0.3) is 0 Å². The molecule has 0 aromatic carbocycles. The van der Waals surface area contributed by atoms with Gasteiger partial charge in [-0.2, -0.15) is 5.10 Å². The van der Waals surface area contributed by atoms with Crippen molar-refractivity contribution in [1.82, 2.24) is 20.1 Å². The van der Waals surface area contributed by atoms with E-state index in [0.29, 0.717) is 6.04 Å². The lowest BCUT2D eigenvalue weighted by atomic mass is 9.98. The molecular weight excluding hydrogens is 232 g/mol. The molecule has 1 aliphatic carbocycles. The number of aromatic nitrogens is 3. The van der Waals surface area contributed by atoms with E-state index in [-0.39, 0.29) is 0 Å². The normalized spacial score (nSPS) is 19.3. The van der Waals surface area contributed by atoms with Crippen LogP contribution < -0.4 is 5.32 Å². The average Bonchev–Trinajstić information content (AvgIpc) is 2.93. The Morgan fingerprint density at radius 2 is 2.41 bits per heavy atom. The second-order valence-electron chi connectivity index (χ2n) is 4.40. The molecule has 2 heterocycles. The Kier molecular flexibility index (Phi) is 2.72. The molecule has 0 amide bonds. The van der Waals surface area contributed by atoms with Gasteiger partial charge in [-0.05, 0) is 32.4 Å². The lowest BCUT2D eigenvalue weighted by Crippen LogP contribution is -2.19. The van der Waals surface area contributed by atoms with Gasteiger partial charge in [0.05, 0.1) is 11.4 Å². The summed E-state index contributed by atoms with van der Waals surface area (Å²) in [5.41, 5.74) is 2.39. The first-order valence-electron chi connectivity index (χ1n) is 5.95. The number of hydrogen-bond donors (Lipinski definition) is 1. The smallest absolute Gasteiger partial charge is 0.142 e. The molecule has 0 aliphatic heterocycles. The number of aryl methyl sites for hydroxylation is 2. The van der Waals surface area contributed by atoms with Crippen LogP contribution in [0.5, 0.6) is 0 Å². The van der Waals surface area contributed by atoms with Gasteiger partial charge in [-0.1, -0.05) is 0 Å². The lowest BCUT2D eigenvalue weighted by Gasteiger charge is -2.19. The van der Waals surface area contributed by atoms with Gasteiger partial charge in [-0.15, -0.1) is 11.3 Å². The standard InChI is InChI=1S/C12H16N4S/c1-13-8-4-3-5-9-11(8)17-12(15-9)10-6-7-14-16(10)2/h6-8,13H,3-5H2,1-2H3. The predicted octanol–water partition coefficient (Wildman–Crippen LogP) is 2.14. The monoisotopic (exact) mass is 248 g/mol. The molecule has 2 aromatic rings. The average molecular weight is 248 g/mol. The fraction of sp³-hybridized carbons (Fsp3) is 0.500. The van der Waals surface area contributed by atoms with E-state index < -0.39 is 0 Å². The van der Waals surface area contributed by atoms with E-state index in [9.17, 15) is 0 Å². The summed E-state index contributed by atoms with van der Waals surface area (Å²) in [6.45, 7) is 0. The van der Waals surface area contributed by atoms with Crippen molar-refractivity contribution in [1.29, 1.82) is 0 Å². The highest BCUT2D eigenvalue weighted by atomic mass is 32.1. The number of thiazole rings is 1. The molecule has 3 rings (SSSR count). The van der Waals surface area contributed by atoms with Gasteiger partial charge in [0, 0.05) is 24.2 Å². The second kappa shape index (κ2) is 4.23. The van der Waals surface area contributed by atoms with Crippen molar-refractivity contribution < 1.29 is 0 Å². The summed E-state index contributed by atoms with van der Waals surface area (Å²) in [6.07, 6.45) is 5.39. The Morgan fingerprint density at radius 3 is 3.12 bits per heavy atom. The molecule has 5 heteroatoms. The second-order valence-corrected chi connectivity index (χ2v) is 5.43. The van der Waals surface area contributed by atoms with Gasteiger partial charge in [0.1, 0.15) is 5.01 Å². The third-order valence-corrected chi connectivity index (χ3v) is 4.57. The summed E-state index contributed by atoms with van der Waals surface area (Å²) in [4.78, 5) is 6.18. The van der Waals surface area contributed by atoms with Crippen molar-refractivity contribution in [2.75, 3.05) is 7.05 Å². The molecule has 4 nitrogen and oxygen atoms in total. The van der Waals surface area contributed by atoms with Crippen LogP contribution in [-0.4, -0.2) is 21.8 Å². The van der Waals surface area contributed by atoms with E-state index in [0.717, 1.165) is 17.1 Å². The Balaban J connectivity index is 2.04. The van der Waals surface area contributed by atoms with Gasteiger partial charge in [-0.3, -0.25) is 4.68 Å². The minimum Gasteiger partial charge on any atom is -0.312 e. The van der Waals surface area contributed by atoms with Gasteiger partial charge >= 0.3 is 0 Å². The molecule has 17 heavy (non-hydrogen) atoms. The van der Waals surface area contributed by atoms with Crippen molar-refractivity contribution >= 4 is 11.3 Å². The van der Waals surface area contributed by atoms with E-state index in [1.54, 1.807) is 11.3 Å². The summed E-state index contributed by atoms with van der Waals surface area (Å²) in [7, 11) is 3.99. The van der Waals surface area contributed by atoms with Crippen LogP contribution in [0.25, 0.3) is 10.7 Å². The van der Waals surface area contributed by atoms with Crippen molar-refractivity contribution in [3.05, 3.63) is 22.8 Å². The molecule has 1 N–H and O–H groups in total. The molecule has 1 unspecified atom stereocenters. The fourth-order valence-electron chi connectivity index (χ4n) is 2.39. The van der Waals surface area contributed by atoms with E-state index in [1.807, 2.05) is 31.0 Å². The Morgan fingerprint density at radius 1 is 1.53 bits per heavy atom. The highest BCUT2D eigenvalue weighted by Crippen LogP contribution is 2.37. The maximum atomic E-state index is 4.77. The van der Waals surface area contributed by atoms with E-state index in [2.05, 4.69) is 10.4 Å². The highest BCUT2D eigenvalue weighted by Gasteiger charge is 2.24. The molecule has 0 saturated carbocycles. The largest absolute Gasteiger partial charge is 0.312 e. The zero-order valence-electron chi connectivity index (χ0n) is 10.1. The predicted molar refractivity (Wildman–Crippen MR) is 69.1 cm³/mol. The Bertz CT molecular complexity index is 528. The van der Waals surface area contributed by atoms with Crippen LogP contribution >= 0.6 is 11.3 Å². The third-order valence-electron chi connectivity index (χ3n) is 3.34. The summed E-state index contributed by atoms with van der Waals surface area (Å²) >= 11 is 1.81. The van der Waals surface area contributed by atoms with Crippen LogP contribution in [0.1, 0.15) is 29.5 Å². The maximum Gasteiger partial charge on any atom is 0.142 e. The highest BCUT2D eigenvalue weighted by molar-refractivity contribution is 7.15. The molecule has 0 bridgehead atoms. The van der Waals surface area contributed by atoms with Crippen LogP contribution in [-0.2, 0) is 13.5 Å². The summed E-state index contributed by atoms with van der Waals surface area (Å²) in [5.74, 6) is 0. The molecule has 0 spiro atoms. The van der Waals surface area contributed by atoms with Crippen molar-refractivity contribution in [2.24, 2.45) is 7.05 Å². The minimum atomic E-state index is 0.484. The first-order chi connectivity index (χ1) is 8.29. The summed E-state index contributed by atoms with van der Waals surface area (Å²) < 4.78 is 1.89. The summed E-state index contributed by atoms with van der Waals surface area (Å²) in [5, 5.41) is 8.68. The number of rotatable bonds is 2. The first kappa shape index (κ1) is 10.9. The Hall–Kier alpha value is -1.20. The van der Waals surface area contributed by atoms with E-state index in [4.69, 9.17) is 4.98 Å². The molecule has 0 radical (unpaired) electrons. The van der Waals surface area contributed by atoms with Crippen molar-refractivity contribution in [2.45, 2.75) is 25.3 Å². The van der Waals surface area contributed by atoms with Crippen LogP contribution in [0.3, 0.4) is 0 Å². The molecule has 90 valence electrons. The molecule has 0 fully saturated rings. The SMILES string of the molecule is CNC1CCCc2nc(-c3ccnn3C)sc21. The lowest BCUT2D eigenvalue weighted by molar-refractivity contribution is 0.501. The minimum absolute atomic E-state index is 0.484. The van der Waals surface area contributed by atoms with Crippen molar-refractivity contribution in [3.8, 4) is 10.7 Å². The van der Waals surface area contributed by atoms with Crippen LogP contribution in [0.2, 0.25) is 0 Å². The number of hydrogen-bond acceptors (Lipinski definition) is 4. The van der Waals surface area contributed by atoms with Crippen LogP contribution in [0, 0.1) is 0 Å². The zero-order chi connectivity index (χ0) is 11.8. The maximum absolute atomic E-state index is 4.77. The molecular formula is C12H16N4S. The van der Waals surface area contributed by atoms with Crippen LogP contribution in [0.15, 0.2) is 12.3 Å². The van der Waals surface area contributed by atoms with Crippen molar-refractivity contribution in [3.63, 3.8) is 0 Å². The van der Waals surface area contributed by atoms with Gasteiger partial charge in [0.15, 0.2) is 0 Å². The van der Waals surface area contributed by atoms with Gasteiger partial charge in [-0.25, -0.2) is 4.98 Å². The van der Waals surface area contributed by atoms with Gasteiger partial charge in [0.2, 0.25) is 0 Å². The van der Waals surface area contributed by atoms with E-state index >= 15 is 0 Å². The van der Waals surface area contributed by atoms with Crippen LogP contribution in [0.4, 0.5) is 0 Å². The van der Waals surface area contributed by atoms with E-state index in [1.165, 1.54) is 23.4 Å². The zero-order valence-corrected chi connectivity index (χ0v) is 10.9. The summed E-state index contributed by atoms with van der Waals surface area (Å²) in [6, 6.07) is 2.51. The fourth-order valence-corrected chi connectivity index (χ4v) is 3.70. The third kappa shape index (κ3) is 1.79. The number of fused-ring (bicyclic) bond motifs is 1. The number of nitrogens with zero attached hydrogens (tertiary/aromatic N) is 3. The first-order valence-corrected chi connectivity index (χ1v) is 6.76. The quantitative estimate of drug-likeness (QED) is 0.885. The molecule has 1 aliphatic rings. The van der Waals surface area contributed by atoms with Gasteiger partial charge < -0.3 is 5.32 Å². The molecule has 2 aromatic heterocycles. The number of nitrogens with one attached hydrogen (secondary N) is 1. The molecule has 0 saturated heterocycles. The molecule has 1 atom stereocenters. The topological polar surface area (TPSA) is 42.7 Å². The Labute approximate surface area is 105 Å².